The van der Waals surface area contributed by atoms with Gasteiger partial charge in [0.05, 0.1) is 0 Å². The van der Waals surface area contributed by atoms with Gasteiger partial charge in [0.2, 0.25) is 0 Å². The summed E-state index contributed by atoms with van der Waals surface area (Å²) in [5.41, 5.74) is 0. The first-order valence-corrected chi connectivity index (χ1v) is 6.38. The van der Waals surface area contributed by atoms with Crippen LogP contribution in [-0.2, 0) is 4.79 Å². The first-order valence-electron chi connectivity index (χ1n) is 6.38. The summed E-state index contributed by atoms with van der Waals surface area (Å²) in [6.45, 7) is 5.18. The molecule has 1 saturated carbocycles. The number of carboxylic acids is 1. The Morgan fingerprint density at radius 1 is 1.44 bits per heavy atom. The predicted molar refractivity (Wildman–Crippen MR) is 62.4 cm³/mol. The molecule has 2 fully saturated rings. The normalized spacial score (nSPS) is 31.6. The monoisotopic (exact) mass is 226 g/mol. The van der Waals surface area contributed by atoms with E-state index in [-0.39, 0.29) is 0 Å². The molecule has 4 nitrogen and oxygen atoms in total. The lowest BCUT2D eigenvalue weighted by molar-refractivity contribution is -0.138. The largest absolute Gasteiger partial charge is 0.481 e. The Kier molecular flexibility index (Phi) is 3.82. The molecule has 0 spiro atoms. The molecule has 16 heavy (non-hydrogen) atoms. The lowest BCUT2D eigenvalue weighted by atomic mass is 9.91. The van der Waals surface area contributed by atoms with Crippen LogP contribution in [0.4, 0.5) is 0 Å². The van der Waals surface area contributed by atoms with Crippen LogP contribution >= 0.6 is 0 Å². The zero-order valence-electron chi connectivity index (χ0n) is 9.98. The average molecular weight is 226 g/mol. The van der Waals surface area contributed by atoms with Gasteiger partial charge in [-0.3, -0.25) is 9.69 Å². The molecule has 0 aromatic heterocycles. The third kappa shape index (κ3) is 3.19. The maximum Gasteiger partial charge on any atom is 0.303 e. The van der Waals surface area contributed by atoms with E-state index >= 15 is 0 Å². The van der Waals surface area contributed by atoms with Crippen molar-refractivity contribution < 1.29 is 9.90 Å². The van der Waals surface area contributed by atoms with Crippen molar-refractivity contribution in [1.82, 2.24) is 10.2 Å². The molecule has 2 aliphatic rings. The molecule has 2 rings (SSSR count). The van der Waals surface area contributed by atoms with Gasteiger partial charge in [-0.1, -0.05) is 6.92 Å². The van der Waals surface area contributed by atoms with Crippen molar-refractivity contribution in [2.75, 3.05) is 19.6 Å². The van der Waals surface area contributed by atoms with Crippen molar-refractivity contribution >= 4 is 5.97 Å². The summed E-state index contributed by atoms with van der Waals surface area (Å²) in [5.74, 6) is -0.325. The molecule has 0 amide bonds. The number of likely N-dealkylation sites (tertiary alicyclic amines) is 1. The fraction of sp³-hybridized carbons (Fsp3) is 0.917. The van der Waals surface area contributed by atoms with E-state index in [1.54, 1.807) is 0 Å². The Balaban J connectivity index is 1.89. The van der Waals surface area contributed by atoms with Gasteiger partial charge in [-0.05, 0) is 31.7 Å². The second kappa shape index (κ2) is 5.15. The van der Waals surface area contributed by atoms with Crippen LogP contribution in [0.5, 0.6) is 0 Å². The van der Waals surface area contributed by atoms with Crippen LogP contribution in [0.25, 0.3) is 0 Å². The summed E-state index contributed by atoms with van der Waals surface area (Å²) in [6, 6.07) is 1.24. The number of aliphatic carboxylic acids is 1. The fourth-order valence-electron chi connectivity index (χ4n) is 2.81. The summed E-state index contributed by atoms with van der Waals surface area (Å²) in [7, 11) is 0. The van der Waals surface area contributed by atoms with Crippen LogP contribution in [-0.4, -0.2) is 47.7 Å². The summed E-state index contributed by atoms with van der Waals surface area (Å²) in [5, 5.41) is 12.3. The minimum atomic E-state index is -0.655. The Morgan fingerprint density at radius 2 is 2.19 bits per heavy atom. The zero-order valence-corrected chi connectivity index (χ0v) is 9.98. The fourth-order valence-corrected chi connectivity index (χ4v) is 2.81. The van der Waals surface area contributed by atoms with Crippen LogP contribution in [0.15, 0.2) is 0 Å². The first kappa shape index (κ1) is 11.9. The van der Waals surface area contributed by atoms with E-state index in [1.165, 1.54) is 12.8 Å². The molecule has 2 N–H and O–H groups in total. The third-order valence-corrected chi connectivity index (χ3v) is 3.58. The summed E-state index contributed by atoms with van der Waals surface area (Å²) < 4.78 is 0. The van der Waals surface area contributed by atoms with Crippen LogP contribution in [0, 0.1) is 5.92 Å². The molecule has 2 unspecified atom stereocenters. The summed E-state index contributed by atoms with van der Waals surface area (Å²) >= 11 is 0. The van der Waals surface area contributed by atoms with Gasteiger partial charge >= 0.3 is 5.97 Å². The van der Waals surface area contributed by atoms with Gasteiger partial charge in [-0.25, -0.2) is 0 Å². The van der Waals surface area contributed by atoms with Gasteiger partial charge in [0.15, 0.2) is 0 Å². The number of hydrogen-bond acceptors (Lipinski definition) is 3. The number of carboxylic acid groups (broad SMARTS) is 1. The second-order valence-electron chi connectivity index (χ2n) is 5.14. The summed E-state index contributed by atoms with van der Waals surface area (Å²) in [6.07, 6.45) is 3.95. The van der Waals surface area contributed by atoms with E-state index in [4.69, 9.17) is 5.11 Å². The molecule has 1 heterocycles. The highest BCUT2D eigenvalue weighted by Gasteiger charge is 2.36. The minimum Gasteiger partial charge on any atom is -0.481 e. The van der Waals surface area contributed by atoms with Crippen molar-refractivity contribution in [2.24, 2.45) is 5.92 Å². The third-order valence-electron chi connectivity index (χ3n) is 3.58. The predicted octanol–water partition coefficient (Wildman–Crippen LogP) is 0.923. The van der Waals surface area contributed by atoms with Crippen LogP contribution < -0.4 is 5.32 Å². The standard InChI is InChI=1S/C12H22N2O2/c1-2-13-10-5-9(6-12(15)16)7-14(8-10)11-3-4-11/h9-11,13H,2-8H2,1H3,(H,15,16). The minimum absolute atomic E-state index is 0.325. The van der Waals surface area contributed by atoms with Crippen molar-refractivity contribution in [3.05, 3.63) is 0 Å². The molecule has 92 valence electrons. The van der Waals surface area contributed by atoms with Gasteiger partial charge in [-0.2, -0.15) is 0 Å². The SMILES string of the molecule is CCNC1CC(CC(=O)O)CN(C2CC2)C1. The van der Waals surface area contributed by atoms with Crippen LogP contribution in [0.1, 0.15) is 32.6 Å². The molecule has 0 aromatic rings. The van der Waals surface area contributed by atoms with Crippen molar-refractivity contribution in [1.29, 1.82) is 0 Å². The van der Waals surface area contributed by atoms with Crippen LogP contribution in [0.3, 0.4) is 0 Å². The molecule has 1 saturated heterocycles. The zero-order chi connectivity index (χ0) is 11.5. The molecule has 4 heteroatoms. The lowest BCUT2D eigenvalue weighted by Gasteiger charge is -2.37. The molecule has 0 aromatic carbocycles. The second-order valence-corrected chi connectivity index (χ2v) is 5.14. The number of rotatable bonds is 5. The van der Waals surface area contributed by atoms with Gasteiger partial charge in [0.25, 0.3) is 0 Å². The van der Waals surface area contributed by atoms with E-state index < -0.39 is 5.97 Å². The highest BCUT2D eigenvalue weighted by atomic mass is 16.4. The van der Waals surface area contributed by atoms with Crippen LogP contribution in [0.2, 0.25) is 0 Å². The number of piperidine rings is 1. The number of likely N-dealkylation sites (N-methyl/N-ethyl adjacent to an activating group) is 1. The molecule has 0 radical (unpaired) electrons. The maximum atomic E-state index is 10.8. The molecular weight excluding hydrogens is 204 g/mol. The smallest absolute Gasteiger partial charge is 0.303 e. The van der Waals surface area contributed by atoms with Gasteiger partial charge in [-0.15, -0.1) is 0 Å². The first-order chi connectivity index (χ1) is 7.69. The Labute approximate surface area is 97.0 Å². The lowest BCUT2D eigenvalue weighted by Crippen LogP contribution is -2.50. The molecule has 1 aliphatic heterocycles. The van der Waals surface area contributed by atoms with E-state index in [0.29, 0.717) is 18.4 Å². The number of nitrogens with zero attached hydrogens (tertiary/aromatic N) is 1. The van der Waals surface area contributed by atoms with Crippen molar-refractivity contribution in [3.63, 3.8) is 0 Å². The Bertz CT molecular complexity index is 253. The maximum absolute atomic E-state index is 10.8. The van der Waals surface area contributed by atoms with Gasteiger partial charge in [0.1, 0.15) is 0 Å². The van der Waals surface area contributed by atoms with Gasteiger partial charge in [0, 0.05) is 31.6 Å². The quantitative estimate of drug-likeness (QED) is 0.732. The number of carbonyl (C=O) groups is 1. The molecular formula is C12H22N2O2. The van der Waals surface area contributed by atoms with Crippen molar-refractivity contribution in [2.45, 2.75) is 44.7 Å². The van der Waals surface area contributed by atoms with E-state index in [9.17, 15) is 4.79 Å². The highest BCUT2D eigenvalue weighted by Crippen LogP contribution is 2.31. The average Bonchev–Trinajstić information content (AvgIpc) is 2.99. The van der Waals surface area contributed by atoms with E-state index in [2.05, 4.69) is 17.1 Å². The Hall–Kier alpha value is -0.610. The summed E-state index contributed by atoms with van der Waals surface area (Å²) in [4.78, 5) is 13.3. The molecule has 2 atom stereocenters. The number of nitrogens with one attached hydrogen (secondary N) is 1. The van der Waals surface area contributed by atoms with Crippen molar-refractivity contribution in [3.8, 4) is 0 Å². The topological polar surface area (TPSA) is 52.6 Å². The Morgan fingerprint density at radius 3 is 2.75 bits per heavy atom. The number of hydrogen-bond donors (Lipinski definition) is 2. The van der Waals surface area contributed by atoms with E-state index in [0.717, 1.165) is 32.1 Å². The molecule has 1 aliphatic carbocycles. The highest BCUT2D eigenvalue weighted by molar-refractivity contribution is 5.67. The van der Waals surface area contributed by atoms with E-state index in [1.807, 2.05) is 0 Å². The van der Waals surface area contributed by atoms with Gasteiger partial charge < -0.3 is 10.4 Å². The molecule has 0 bridgehead atoms.